The SMILES string of the molecule is N#CCC1(CN2C(=O)C(=O)c3c(Cl)ccc(Cl)c32)CC1. The van der Waals surface area contributed by atoms with Gasteiger partial charge in [-0.3, -0.25) is 9.59 Å². The molecule has 1 fully saturated rings. The first-order valence-corrected chi connectivity index (χ1v) is 6.96. The van der Waals surface area contributed by atoms with Crippen molar-refractivity contribution in [1.29, 1.82) is 5.26 Å². The largest absolute Gasteiger partial charge is 0.303 e. The van der Waals surface area contributed by atoms with Gasteiger partial charge in [0.2, 0.25) is 0 Å². The average Bonchev–Trinajstić information content (AvgIpc) is 3.12. The van der Waals surface area contributed by atoms with Crippen LogP contribution in [-0.2, 0) is 4.79 Å². The molecule has 4 nitrogen and oxygen atoms in total. The summed E-state index contributed by atoms with van der Waals surface area (Å²) >= 11 is 12.1. The number of fused-ring (bicyclic) bond motifs is 1. The second kappa shape index (κ2) is 4.47. The van der Waals surface area contributed by atoms with E-state index in [2.05, 4.69) is 6.07 Å². The summed E-state index contributed by atoms with van der Waals surface area (Å²) in [5.74, 6) is -1.24. The van der Waals surface area contributed by atoms with Crippen molar-refractivity contribution in [3.63, 3.8) is 0 Å². The van der Waals surface area contributed by atoms with Crippen molar-refractivity contribution in [2.24, 2.45) is 5.41 Å². The zero-order chi connectivity index (χ0) is 14.5. The Kier molecular flexibility index (Phi) is 3.00. The molecule has 0 saturated heterocycles. The number of anilines is 1. The number of hydrogen-bond donors (Lipinski definition) is 0. The zero-order valence-electron chi connectivity index (χ0n) is 10.4. The highest BCUT2D eigenvalue weighted by Gasteiger charge is 2.49. The maximum Gasteiger partial charge on any atom is 0.299 e. The molecular formula is C14H10Cl2N2O2. The minimum atomic E-state index is -0.625. The summed E-state index contributed by atoms with van der Waals surface area (Å²) in [5, 5.41) is 9.42. The second-order valence-corrected chi connectivity index (χ2v) is 6.12. The molecule has 0 spiro atoms. The fraction of sp³-hybridized carbons (Fsp3) is 0.357. The Morgan fingerprint density at radius 3 is 2.50 bits per heavy atom. The van der Waals surface area contributed by atoms with Crippen LogP contribution in [0.25, 0.3) is 0 Å². The van der Waals surface area contributed by atoms with Crippen LogP contribution in [0.3, 0.4) is 0 Å². The Bertz CT molecular complexity index is 674. The standard InChI is InChI=1S/C14H10Cl2N2O2/c15-8-1-2-9(16)11-10(8)12(19)13(20)18(11)7-14(3-4-14)5-6-17/h1-2H,3-5,7H2. The van der Waals surface area contributed by atoms with Crippen molar-refractivity contribution >= 4 is 40.6 Å². The van der Waals surface area contributed by atoms with E-state index in [1.54, 1.807) is 6.07 Å². The Labute approximate surface area is 125 Å². The highest BCUT2D eigenvalue weighted by Crippen LogP contribution is 2.51. The molecule has 1 heterocycles. The zero-order valence-corrected chi connectivity index (χ0v) is 12.0. The molecule has 1 aliphatic carbocycles. The third kappa shape index (κ3) is 1.90. The molecule has 0 radical (unpaired) electrons. The van der Waals surface area contributed by atoms with E-state index in [1.165, 1.54) is 11.0 Å². The fourth-order valence-electron chi connectivity index (χ4n) is 2.57. The van der Waals surface area contributed by atoms with Gasteiger partial charge >= 0.3 is 0 Å². The van der Waals surface area contributed by atoms with E-state index < -0.39 is 11.7 Å². The van der Waals surface area contributed by atoms with Gasteiger partial charge in [-0.2, -0.15) is 5.26 Å². The number of hydrogen-bond acceptors (Lipinski definition) is 3. The number of halogens is 2. The molecule has 0 unspecified atom stereocenters. The van der Waals surface area contributed by atoms with E-state index in [1.807, 2.05) is 0 Å². The molecule has 20 heavy (non-hydrogen) atoms. The molecule has 0 N–H and O–H groups in total. The predicted octanol–water partition coefficient (Wildman–Crippen LogP) is 3.22. The van der Waals surface area contributed by atoms with Gasteiger partial charge < -0.3 is 4.90 Å². The van der Waals surface area contributed by atoms with Gasteiger partial charge in [-0.05, 0) is 25.0 Å². The molecule has 0 atom stereocenters. The van der Waals surface area contributed by atoms with E-state index in [4.69, 9.17) is 28.5 Å². The van der Waals surface area contributed by atoms with Crippen LogP contribution in [0.4, 0.5) is 5.69 Å². The van der Waals surface area contributed by atoms with Crippen LogP contribution < -0.4 is 4.90 Å². The number of rotatable bonds is 3. The number of nitriles is 1. The molecule has 0 aromatic heterocycles. The smallest absolute Gasteiger partial charge is 0.299 e. The Morgan fingerprint density at radius 2 is 1.90 bits per heavy atom. The first kappa shape index (κ1) is 13.4. The number of carbonyl (C=O) groups is 2. The lowest BCUT2D eigenvalue weighted by Crippen LogP contribution is -2.35. The van der Waals surface area contributed by atoms with Gasteiger partial charge in [0.1, 0.15) is 0 Å². The topological polar surface area (TPSA) is 61.2 Å². The van der Waals surface area contributed by atoms with Crippen LogP contribution in [0.2, 0.25) is 10.0 Å². The lowest BCUT2D eigenvalue weighted by molar-refractivity contribution is -0.114. The van der Waals surface area contributed by atoms with Crippen LogP contribution in [0.1, 0.15) is 29.6 Å². The molecule has 1 amide bonds. The van der Waals surface area contributed by atoms with E-state index in [0.29, 0.717) is 23.7 Å². The molecule has 102 valence electrons. The van der Waals surface area contributed by atoms with Crippen molar-refractivity contribution < 1.29 is 9.59 Å². The number of ketones is 1. The van der Waals surface area contributed by atoms with Crippen molar-refractivity contribution in [3.05, 3.63) is 27.7 Å². The Balaban J connectivity index is 2.03. The third-order valence-corrected chi connectivity index (χ3v) is 4.54. The minimum absolute atomic E-state index is 0.178. The van der Waals surface area contributed by atoms with Crippen LogP contribution in [-0.4, -0.2) is 18.2 Å². The van der Waals surface area contributed by atoms with E-state index in [9.17, 15) is 9.59 Å². The van der Waals surface area contributed by atoms with E-state index in [0.717, 1.165) is 12.8 Å². The monoisotopic (exact) mass is 308 g/mol. The van der Waals surface area contributed by atoms with Crippen LogP contribution >= 0.6 is 23.2 Å². The normalized spacial score (nSPS) is 18.9. The van der Waals surface area contributed by atoms with Crippen LogP contribution in [0.15, 0.2) is 12.1 Å². The molecule has 2 aliphatic rings. The molecule has 1 aromatic carbocycles. The van der Waals surface area contributed by atoms with Crippen molar-refractivity contribution in [1.82, 2.24) is 0 Å². The molecule has 1 aliphatic heterocycles. The number of carbonyl (C=O) groups excluding carboxylic acids is 2. The highest BCUT2D eigenvalue weighted by atomic mass is 35.5. The minimum Gasteiger partial charge on any atom is -0.303 e. The summed E-state index contributed by atoms with van der Waals surface area (Å²) in [6.45, 7) is 0.345. The molecule has 6 heteroatoms. The summed E-state index contributed by atoms with van der Waals surface area (Å²) < 4.78 is 0. The number of benzene rings is 1. The highest BCUT2D eigenvalue weighted by molar-refractivity contribution is 6.57. The summed E-state index contributed by atoms with van der Waals surface area (Å²) in [6.07, 6.45) is 2.14. The van der Waals surface area contributed by atoms with Crippen molar-refractivity contribution in [2.45, 2.75) is 19.3 Å². The molecule has 1 saturated carbocycles. The lowest BCUT2D eigenvalue weighted by Gasteiger charge is -2.22. The summed E-state index contributed by atoms with van der Waals surface area (Å²) in [4.78, 5) is 25.6. The first-order chi connectivity index (χ1) is 9.49. The van der Waals surface area contributed by atoms with E-state index >= 15 is 0 Å². The van der Waals surface area contributed by atoms with Gasteiger partial charge in [0.15, 0.2) is 0 Å². The number of amides is 1. The summed E-state index contributed by atoms with van der Waals surface area (Å²) in [6, 6.07) is 5.23. The third-order valence-electron chi connectivity index (χ3n) is 3.92. The second-order valence-electron chi connectivity index (χ2n) is 5.31. The van der Waals surface area contributed by atoms with Gasteiger partial charge in [0.25, 0.3) is 11.7 Å². The Morgan fingerprint density at radius 1 is 1.25 bits per heavy atom. The molecule has 1 aromatic rings. The first-order valence-electron chi connectivity index (χ1n) is 6.20. The quantitative estimate of drug-likeness (QED) is 0.805. The molecular weight excluding hydrogens is 299 g/mol. The van der Waals surface area contributed by atoms with Gasteiger partial charge in [-0.25, -0.2) is 0 Å². The fourth-order valence-corrected chi connectivity index (χ4v) is 3.07. The van der Waals surface area contributed by atoms with Gasteiger partial charge in [-0.1, -0.05) is 23.2 Å². The molecule has 0 bridgehead atoms. The predicted molar refractivity (Wildman–Crippen MR) is 75.0 cm³/mol. The van der Waals surface area contributed by atoms with Gasteiger partial charge in [-0.15, -0.1) is 0 Å². The average molecular weight is 309 g/mol. The maximum absolute atomic E-state index is 12.2. The van der Waals surface area contributed by atoms with Gasteiger partial charge in [0, 0.05) is 18.4 Å². The van der Waals surface area contributed by atoms with Crippen molar-refractivity contribution in [3.8, 4) is 6.07 Å². The number of Topliss-reactive ketones (excluding diaryl/α,β-unsaturated/α-hetero) is 1. The lowest BCUT2D eigenvalue weighted by atomic mass is 10.0. The summed E-state index contributed by atoms with van der Waals surface area (Å²) in [7, 11) is 0. The van der Waals surface area contributed by atoms with E-state index in [-0.39, 0.29) is 16.0 Å². The maximum atomic E-state index is 12.2. The number of nitrogens with zero attached hydrogens (tertiary/aromatic N) is 2. The molecule has 3 rings (SSSR count). The Hall–Kier alpha value is -1.57. The van der Waals surface area contributed by atoms with Crippen LogP contribution in [0, 0.1) is 16.7 Å². The van der Waals surface area contributed by atoms with Crippen molar-refractivity contribution in [2.75, 3.05) is 11.4 Å². The summed E-state index contributed by atoms with van der Waals surface area (Å²) in [5.41, 5.74) is 0.369. The van der Waals surface area contributed by atoms with Gasteiger partial charge in [0.05, 0.1) is 27.4 Å². The van der Waals surface area contributed by atoms with Crippen LogP contribution in [0.5, 0.6) is 0 Å².